The summed E-state index contributed by atoms with van der Waals surface area (Å²) in [6.45, 7) is 6.54. The molecule has 2 aromatic rings. The van der Waals surface area contributed by atoms with Crippen LogP contribution in [0.25, 0.3) is 0 Å². The van der Waals surface area contributed by atoms with Gasteiger partial charge in [0.2, 0.25) is 0 Å². The van der Waals surface area contributed by atoms with Gasteiger partial charge >= 0.3 is 0 Å². The van der Waals surface area contributed by atoms with E-state index in [9.17, 15) is 15.2 Å². The highest BCUT2D eigenvalue weighted by Crippen LogP contribution is 2.37. The summed E-state index contributed by atoms with van der Waals surface area (Å²) < 4.78 is 1.90. The van der Waals surface area contributed by atoms with Crippen LogP contribution in [0.3, 0.4) is 0 Å². The predicted octanol–water partition coefficient (Wildman–Crippen LogP) is 3.25. The van der Waals surface area contributed by atoms with Crippen LogP contribution in [0.15, 0.2) is 23.4 Å². The number of non-ortho nitro benzene ring substituents is 1. The second-order valence-electron chi connectivity index (χ2n) is 5.27. The van der Waals surface area contributed by atoms with E-state index < -0.39 is 0 Å². The average Bonchev–Trinajstić information content (AvgIpc) is 2.89. The Labute approximate surface area is 138 Å². The molecule has 7 nitrogen and oxygen atoms in total. The lowest BCUT2D eigenvalue weighted by Crippen LogP contribution is -2.05. The molecule has 1 N–H and O–H groups in total. The van der Waals surface area contributed by atoms with Crippen LogP contribution in [0, 0.1) is 17.0 Å². The van der Waals surface area contributed by atoms with Crippen molar-refractivity contribution in [3.8, 4) is 0 Å². The molecule has 0 aliphatic carbocycles. The molecule has 0 amide bonds. The van der Waals surface area contributed by atoms with Crippen LogP contribution >= 0.6 is 11.8 Å². The first-order valence-electron chi connectivity index (χ1n) is 7.42. The van der Waals surface area contributed by atoms with Gasteiger partial charge < -0.3 is 9.67 Å². The van der Waals surface area contributed by atoms with Crippen LogP contribution in [0.1, 0.15) is 42.5 Å². The zero-order valence-corrected chi connectivity index (χ0v) is 14.2. The highest BCUT2D eigenvalue weighted by atomic mass is 32.2. The lowest BCUT2D eigenvalue weighted by atomic mass is 10.1. The van der Waals surface area contributed by atoms with Gasteiger partial charge in [0.1, 0.15) is 6.61 Å². The van der Waals surface area contributed by atoms with E-state index in [0.29, 0.717) is 11.0 Å². The number of hydrogen-bond donors (Lipinski definition) is 1. The minimum Gasteiger partial charge on any atom is -0.388 e. The Morgan fingerprint density at radius 3 is 2.78 bits per heavy atom. The van der Waals surface area contributed by atoms with E-state index in [4.69, 9.17) is 0 Å². The third-order valence-electron chi connectivity index (χ3n) is 3.58. The molecule has 1 aromatic carbocycles. The molecule has 1 atom stereocenters. The number of aliphatic hydroxyl groups is 1. The van der Waals surface area contributed by atoms with Gasteiger partial charge in [0.25, 0.3) is 5.69 Å². The first kappa shape index (κ1) is 17.4. The molecule has 23 heavy (non-hydrogen) atoms. The second kappa shape index (κ2) is 7.56. The van der Waals surface area contributed by atoms with Crippen molar-refractivity contribution in [1.29, 1.82) is 0 Å². The van der Waals surface area contributed by atoms with E-state index in [2.05, 4.69) is 10.2 Å². The summed E-state index contributed by atoms with van der Waals surface area (Å²) in [5, 5.41) is 29.2. The third kappa shape index (κ3) is 3.89. The minimum absolute atomic E-state index is 0.0127. The summed E-state index contributed by atoms with van der Waals surface area (Å²) in [6.07, 6.45) is 0.906. The van der Waals surface area contributed by atoms with Crippen LogP contribution in [-0.2, 0) is 13.2 Å². The maximum absolute atomic E-state index is 11.0. The number of aromatic nitrogens is 3. The fraction of sp³-hybridized carbons (Fsp3) is 0.467. The largest absolute Gasteiger partial charge is 0.388 e. The summed E-state index contributed by atoms with van der Waals surface area (Å²) in [5.74, 6) is 0.539. The molecule has 0 saturated carbocycles. The van der Waals surface area contributed by atoms with Gasteiger partial charge in [-0.05, 0) is 31.4 Å². The summed E-state index contributed by atoms with van der Waals surface area (Å²) in [6, 6.07) is 4.89. The van der Waals surface area contributed by atoms with Gasteiger partial charge in [0.15, 0.2) is 11.0 Å². The normalized spacial score (nSPS) is 12.3. The second-order valence-corrected chi connectivity index (χ2v) is 6.57. The molecule has 0 aliphatic rings. The number of nitro benzene ring substituents is 1. The van der Waals surface area contributed by atoms with Crippen LogP contribution < -0.4 is 0 Å². The lowest BCUT2D eigenvalue weighted by molar-refractivity contribution is -0.384. The fourth-order valence-corrected chi connectivity index (χ4v) is 3.48. The Bertz CT molecular complexity index is 702. The van der Waals surface area contributed by atoms with Crippen molar-refractivity contribution in [2.24, 2.45) is 0 Å². The maximum Gasteiger partial charge on any atom is 0.269 e. The summed E-state index contributed by atoms with van der Waals surface area (Å²) >= 11 is 1.49. The maximum atomic E-state index is 11.0. The van der Waals surface area contributed by atoms with E-state index in [1.807, 2.05) is 25.3 Å². The lowest BCUT2D eigenvalue weighted by Gasteiger charge is -2.15. The number of thioether (sulfide) groups is 1. The van der Waals surface area contributed by atoms with Crippen molar-refractivity contribution in [3.05, 3.63) is 45.3 Å². The molecular weight excluding hydrogens is 316 g/mol. The Morgan fingerprint density at radius 1 is 1.43 bits per heavy atom. The standard InChI is InChI=1S/C15H20N4O3S/c1-4-7-18-14(9-20)16-17-15(18)23-11(3)13-8-12(19(21)22)6-5-10(13)2/h5-6,8,11,20H,4,7,9H2,1-3H3. The number of nitro groups is 1. The van der Waals surface area contributed by atoms with E-state index in [-0.39, 0.29) is 22.5 Å². The molecule has 0 radical (unpaired) electrons. The first-order chi connectivity index (χ1) is 11.0. The van der Waals surface area contributed by atoms with Gasteiger partial charge in [0, 0.05) is 23.9 Å². The van der Waals surface area contributed by atoms with E-state index in [0.717, 1.165) is 24.1 Å². The fourth-order valence-electron chi connectivity index (χ4n) is 2.37. The van der Waals surface area contributed by atoms with Crippen LogP contribution in [-0.4, -0.2) is 24.8 Å². The molecule has 0 saturated heterocycles. The highest BCUT2D eigenvalue weighted by molar-refractivity contribution is 7.99. The number of rotatable bonds is 7. The predicted molar refractivity (Wildman–Crippen MR) is 88.3 cm³/mol. The van der Waals surface area contributed by atoms with Crippen LogP contribution in [0.2, 0.25) is 0 Å². The Balaban J connectivity index is 2.29. The van der Waals surface area contributed by atoms with Gasteiger partial charge in [-0.15, -0.1) is 10.2 Å². The first-order valence-corrected chi connectivity index (χ1v) is 8.30. The minimum atomic E-state index is -0.385. The summed E-state index contributed by atoms with van der Waals surface area (Å²) in [4.78, 5) is 10.6. The molecule has 8 heteroatoms. The van der Waals surface area contributed by atoms with Crippen LogP contribution in [0.5, 0.6) is 0 Å². The molecule has 1 heterocycles. The van der Waals surface area contributed by atoms with Crippen molar-refractivity contribution >= 4 is 17.4 Å². The van der Waals surface area contributed by atoms with Gasteiger partial charge in [-0.25, -0.2) is 0 Å². The van der Waals surface area contributed by atoms with E-state index in [1.165, 1.54) is 17.8 Å². The number of aliphatic hydroxyl groups excluding tert-OH is 1. The molecule has 0 aliphatic heterocycles. The number of hydrogen-bond acceptors (Lipinski definition) is 6. The Hall–Kier alpha value is -1.93. The van der Waals surface area contributed by atoms with Gasteiger partial charge in [-0.2, -0.15) is 0 Å². The van der Waals surface area contributed by atoms with Crippen molar-refractivity contribution in [2.75, 3.05) is 0 Å². The van der Waals surface area contributed by atoms with Crippen molar-refractivity contribution in [3.63, 3.8) is 0 Å². The highest BCUT2D eigenvalue weighted by Gasteiger charge is 2.19. The zero-order chi connectivity index (χ0) is 17.0. The molecule has 2 rings (SSSR count). The zero-order valence-electron chi connectivity index (χ0n) is 13.4. The topological polar surface area (TPSA) is 94.1 Å². The van der Waals surface area contributed by atoms with Gasteiger partial charge in [-0.3, -0.25) is 10.1 Å². The van der Waals surface area contributed by atoms with Crippen molar-refractivity contribution in [1.82, 2.24) is 14.8 Å². The number of benzene rings is 1. The van der Waals surface area contributed by atoms with Gasteiger partial charge in [-0.1, -0.05) is 24.8 Å². The Morgan fingerprint density at radius 2 is 2.17 bits per heavy atom. The average molecular weight is 336 g/mol. The van der Waals surface area contributed by atoms with Crippen molar-refractivity contribution in [2.45, 2.75) is 50.8 Å². The quantitative estimate of drug-likeness (QED) is 0.474. The van der Waals surface area contributed by atoms with Gasteiger partial charge in [0.05, 0.1) is 4.92 Å². The smallest absolute Gasteiger partial charge is 0.269 e. The number of aryl methyl sites for hydroxylation is 1. The number of nitrogens with zero attached hydrogens (tertiary/aromatic N) is 4. The molecule has 0 spiro atoms. The molecule has 0 bridgehead atoms. The molecule has 1 aromatic heterocycles. The SMILES string of the molecule is CCCn1c(CO)nnc1SC(C)c1cc([N+](=O)[O-])ccc1C. The molecule has 1 unspecified atom stereocenters. The molecule has 124 valence electrons. The molecular formula is C15H20N4O3S. The van der Waals surface area contributed by atoms with E-state index >= 15 is 0 Å². The monoisotopic (exact) mass is 336 g/mol. The van der Waals surface area contributed by atoms with Crippen molar-refractivity contribution < 1.29 is 10.0 Å². The summed E-state index contributed by atoms with van der Waals surface area (Å²) in [5.41, 5.74) is 1.99. The Kier molecular flexibility index (Phi) is 5.73. The summed E-state index contributed by atoms with van der Waals surface area (Å²) in [7, 11) is 0. The van der Waals surface area contributed by atoms with E-state index in [1.54, 1.807) is 12.1 Å². The van der Waals surface area contributed by atoms with Crippen LogP contribution in [0.4, 0.5) is 5.69 Å². The third-order valence-corrected chi connectivity index (χ3v) is 4.70. The molecule has 0 fully saturated rings.